The Bertz CT molecular complexity index is 674. The lowest BCUT2D eigenvalue weighted by Gasteiger charge is -2.14. The Morgan fingerprint density at radius 1 is 0.667 bits per heavy atom. The van der Waals surface area contributed by atoms with Crippen molar-refractivity contribution in [2.45, 2.75) is 130 Å². The van der Waals surface area contributed by atoms with Gasteiger partial charge in [-0.3, -0.25) is 4.98 Å². The molecule has 1 aromatic rings. The molecule has 2 heteroatoms. The third kappa shape index (κ3) is 13.2. The third-order valence-corrected chi connectivity index (χ3v) is 6.59. The first-order valence-electron chi connectivity index (χ1n) is 14.0. The van der Waals surface area contributed by atoms with Crippen molar-refractivity contribution in [2.75, 3.05) is 13.7 Å². The maximum atomic E-state index is 5.29. The zero-order chi connectivity index (χ0) is 24.2. The molecule has 1 heterocycles. The van der Waals surface area contributed by atoms with E-state index in [0.29, 0.717) is 0 Å². The summed E-state index contributed by atoms with van der Waals surface area (Å²) in [4.78, 5) is 5.05. The van der Waals surface area contributed by atoms with E-state index in [9.17, 15) is 0 Å². The molecule has 0 aliphatic carbocycles. The average molecular weight is 456 g/mol. The number of ether oxygens (including phenoxy) is 1. The van der Waals surface area contributed by atoms with Crippen LogP contribution in [0, 0.1) is 13.8 Å². The number of methoxy groups -OCH3 is 1. The summed E-state index contributed by atoms with van der Waals surface area (Å²) in [5.74, 6) is 0. The first-order valence-corrected chi connectivity index (χ1v) is 14.0. The zero-order valence-electron chi connectivity index (χ0n) is 22.7. The van der Waals surface area contributed by atoms with Gasteiger partial charge in [-0.25, -0.2) is 0 Å². The minimum absolute atomic E-state index is 0.792. The van der Waals surface area contributed by atoms with Crippen molar-refractivity contribution in [1.82, 2.24) is 4.98 Å². The van der Waals surface area contributed by atoms with Crippen LogP contribution in [0.2, 0.25) is 0 Å². The number of nitrogens with zero attached hydrogens (tertiary/aromatic N) is 1. The molecule has 0 amide bonds. The summed E-state index contributed by atoms with van der Waals surface area (Å²) >= 11 is 0. The number of pyridine rings is 1. The molecule has 0 atom stereocenters. The van der Waals surface area contributed by atoms with Gasteiger partial charge in [0.15, 0.2) is 0 Å². The zero-order valence-corrected chi connectivity index (χ0v) is 22.7. The number of aryl methyl sites for hydroxylation is 2. The molecule has 0 N–H and O–H groups in total. The van der Waals surface area contributed by atoms with Crippen LogP contribution in [0.25, 0.3) is 12.2 Å². The number of hydrogen-bond acceptors (Lipinski definition) is 2. The first-order chi connectivity index (χ1) is 16.2. The molecule has 2 nitrogen and oxygen atoms in total. The Hall–Kier alpha value is -1.41. The van der Waals surface area contributed by atoms with E-state index in [1.54, 1.807) is 7.11 Å². The average Bonchev–Trinajstić information content (AvgIpc) is 2.81. The van der Waals surface area contributed by atoms with Gasteiger partial charge in [0.25, 0.3) is 0 Å². The molecule has 0 unspecified atom stereocenters. The van der Waals surface area contributed by atoms with Crippen molar-refractivity contribution in [2.24, 2.45) is 0 Å². The van der Waals surface area contributed by atoms with Crippen LogP contribution in [0.5, 0.6) is 0 Å². The number of allylic oxidation sites excluding steroid dienone is 2. The molecular weight excluding hydrogens is 402 g/mol. The molecule has 0 saturated carbocycles. The molecule has 33 heavy (non-hydrogen) atoms. The van der Waals surface area contributed by atoms with Crippen molar-refractivity contribution >= 4 is 12.2 Å². The number of hydrogen-bond donors (Lipinski definition) is 0. The maximum Gasteiger partial charge on any atom is 0.0482 e. The van der Waals surface area contributed by atoms with Gasteiger partial charge >= 0.3 is 0 Å². The van der Waals surface area contributed by atoms with Gasteiger partial charge in [-0.2, -0.15) is 0 Å². The van der Waals surface area contributed by atoms with Crippen molar-refractivity contribution in [3.05, 3.63) is 40.2 Å². The van der Waals surface area contributed by atoms with E-state index in [2.05, 4.69) is 52.0 Å². The highest BCUT2D eigenvalue weighted by atomic mass is 16.5. The van der Waals surface area contributed by atoms with Crippen molar-refractivity contribution < 1.29 is 4.74 Å². The molecule has 1 rings (SSSR count). The second-order valence-corrected chi connectivity index (χ2v) is 9.61. The Labute approximate surface area is 206 Å². The highest BCUT2D eigenvalue weighted by molar-refractivity contribution is 5.66. The molecule has 188 valence electrons. The third-order valence-electron chi connectivity index (χ3n) is 6.59. The summed E-state index contributed by atoms with van der Waals surface area (Å²) in [5, 5.41) is 0. The van der Waals surface area contributed by atoms with Crippen LogP contribution in [0.15, 0.2) is 12.2 Å². The predicted octanol–water partition coefficient (Wildman–Crippen LogP) is 9.81. The standard InChI is InChI=1S/C31H53NO/c1-6-8-10-12-14-16-18-20-23-29-27(3)30(24-21-19-17-15-13-11-9-7-2)31(32-28(29)4)25-22-26-33-5/h20-21,23-24H,6-19,22,25-26H2,1-5H3/b23-20-,24-21+. The predicted molar refractivity (Wildman–Crippen MR) is 148 cm³/mol. The summed E-state index contributed by atoms with van der Waals surface area (Å²) in [7, 11) is 1.78. The lowest BCUT2D eigenvalue weighted by molar-refractivity contribution is 0.195. The van der Waals surface area contributed by atoms with Crippen molar-refractivity contribution in [1.29, 1.82) is 0 Å². The van der Waals surface area contributed by atoms with Crippen LogP contribution in [0.3, 0.4) is 0 Å². The Morgan fingerprint density at radius 3 is 1.73 bits per heavy atom. The van der Waals surface area contributed by atoms with E-state index in [4.69, 9.17) is 9.72 Å². The van der Waals surface area contributed by atoms with E-state index in [1.807, 2.05) is 0 Å². The first kappa shape index (κ1) is 29.6. The lowest BCUT2D eigenvalue weighted by Crippen LogP contribution is -2.04. The Kier molecular flexibility index (Phi) is 18.0. The van der Waals surface area contributed by atoms with Crippen LogP contribution < -0.4 is 0 Å². The van der Waals surface area contributed by atoms with Crippen LogP contribution in [-0.4, -0.2) is 18.7 Å². The van der Waals surface area contributed by atoms with E-state index < -0.39 is 0 Å². The molecule has 0 spiro atoms. The summed E-state index contributed by atoms with van der Waals surface area (Å²) < 4.78 is 5.29. The monoisotopic (exact) mass is 455 g/mol. The van der Waals surface area contributed by atoms with E-state index in [0.717, 1.165) is 25.1 Å². The molecule has 0 radical (unpaired) electrons. The fraction of sp³-hybridized carbons (Fsp3) is 0.710. The van der Waals surface area contributed by atoms with Crippen molar-refractivity contribution in [3.63, 3.8) is 0 Å². The summed E-state index contributed by atoms with van der Waals surface area (Å²) in [6.45, 7) is 9.80. The van der Waals surface area contributed by atoms with Crippen LogP contribution in [-0.2, 0) is 11.2 Å². The Morgan fingerprint density at radius 2 is 1.18 bits per heavy atom. The fourth-order valence-electron chi connectivity index (χ4n) is 4.48. The van der Waals surface area contributed by atoms with Crippen LogP contribution >= 0.6 is 0 Å². The minimum Gasteiger partial charge on any atom is -0.385 e. The van der Waals surface area contributed by atoms with Gasteiger partial charge < -0.3 is 4.74 Å². The maximum absolute atomic E-state index is 5.29. The fourth-order valence-corrected chi connectivity index (χ4v) is 4.48. The van der Waals surface area contributed by atoms with Gasteiger partial charge in [-0.05, 0) is 69.1 Å². The summed E-state index contributed by atoms with van der Waals surface area (Å²) in [5.41, 5.74) is 6.42. The molecular formula is C31H53NO. The van der Waals surface area contributed by atoms with Crippen molar-refractivity contribution in [3.8, 4) is 0 Å². The topological polar surface area (TPSA) is 22.1 Å². The number of aromatic nitrogens is 1. The van der Waals surface area contributed by atoms with Crippen LogP contribution in [0.1, 0.15) is 138 Å². The van der Waals surface area contributed by atoms with Gasteiger partial charge in [-0.15, -0.1) is 0 Å². The minimum atomic E-state index is 0.792. The molecule has 0 fully saturated rings. The van der Waals surface area contributed by atoms with Gasteiger partial charge in [-0.1, -0.05) is 102 Å². The second-order valence-electron chi connectivity index (χ2n) is 9.61. The SMILES string of the molecule is CCCCCCCC/C=C\c1c(C)nc(CCCOC)c(/C=C/CCCCCCCC)c1C. The normalized spacial score (nSPS) is 11.9. The molecule has 0 saturated heterocycles. The van der Waals surface area contributed by atoms with Gasteiger partial charge in [0.1, 0.15) is 0 Å². The van der Waals surface area contributed by atoms with E-state index >= 15 is 0 Å². The van der Waals surface area contributed by atoms with E-state index in [-0.39, 0.29) is 0 Å². The summed E-state index contributed by atoms with van der Waals surface area (Å²) in [6.07, 6.45) is 30.0. The van der Waals surface area contributed by atoms with Gasteiger partial charge in [0.2, 0.25) is 0 Å². The molecule has 0 bridgehead atoms. The molecule has 1 aromatic heterocycles. The van der Waals surface area contributed by atoms with E-state index in [1.165, 1.54) is 112 Å². The second kappa shape index (κ2) is 20.0. The van der Waals surface area contributed by atoms with Gasteiger partial charge in [0.05, 0.1) is 0 Å². The largest absolute Gasteiger partial charge is 0.385 e. The number of unbranched alkanes of at least 4 members (excludes halogenated alkanes) is 12. The van der Waals surface area contributed by atoms with Gasteiger partial charge in [0, 0.05) is 25.1 Å². The summed E-state index contributed by atoms with van der Waals surface area (Å²) in [6, 6.07) is 0. The smallest absolute Gasteiger partial charge is 0.0482 e. The lowest BCUT2D eigenvalue weighted by atomic mass is 9.96. The highest BCUT2D eigenvalue weighted by Crippen LogP contribution is 2.25. The quantitative estimate of drug-likeness (QED) is 0.182. The Balaban J connectivity index is 2.77. The molecule has 0 aliphatic heterocycles. The molecule has 0 aliphatic rings. The highest BCUT2D eigenvalue weighted by Gasteiger charge is 2.11. The molecule has 0 aromatic carbocycles. The number of rotatable bonds is 20. The van der Waals surface area contributed by atoms with Crippen LogP contribution in [0.4, 0.5) is 0 Å².